The third-order valence-electron chi connectivity index (χ3n) is 2.31. The summed E-state index contributed by atoms with van der Waals surface area (Å²) >= 11 is 11.8. The van der Waals surface area contributed by atoms with E-state index in [0.29, 0.717) is 22.6 Å². The fraction of sp³-hybridized carbons (Fsp3) is 0.417. The standard InChI is InChI=1S/C12H16Cl2N2O/c1-9(4-5-15-6-7-17)16-10-2-3-11(13)12(14)8-10/h2-3,7-9,15-16H,4-6H2,1H3. The molecule has 0 aromatic heterocycles. The minimum Gasteiger partial charge on any atom is -0.382 e. The monoisotopic (exact) mass is 274 g/mol. The summed E-state index contributed by atoms with van der Waals surface area (Å²) in [6.07, 6.45) is 1.78. The average molecular weight is 275 g/mol. The Labute approximate surface area is 111 Å². The molecule has 94 valence electrons. The topological polar surface area (TPSA) is 41.1 Å². The molecule has 0 aliphatic heterocycles. The van der Waals surface area contributed by atoms with Crippen molar-refractivity contribution in [1.82, 2.24) is 5.32 Å². The maximum Gasteiger partial charge on any atom is 0.133 e. The van der Waals surface area contributed by atoms with Crippen molar-refractivity contribution in [3.63, 3.8) is 0 Å². The molecule has 0 saturated heterocycles. The van der Waals surface area contributed by atoms with E-state index >= 15 is 0 Å². The Morgan fingerprint density at radius 3 is 2.76 bits per heavy atom. The van der Waals surface area contributed by atoms with Crippen molar-refractivity contribution in [3.8, 4) is 0 Å². The Kier molecular flexibility index (Phi) is 6.34. The predicted octanol–water partition coefficient (Wildman–Crippen LogP) is 2.97. The minimum atomic E-state index is 0.298. The lowest BCUT2D eigenvalue weighted by molar-refractivity contribution is -0.107. The quantitative estimate of drug-likeness (QED) is 0.593. The zero-order valence-electron chi connectivity index (χ0n) is 9.67. The van der Waals surface area contributed by atoms with Gasteiger partial charge in [-0.2, -0.15) is 0 Å². The highest BCUT2D eigenvalue weighted by atomic mass is 35.5. The number of hydrogen-bond acceptors (Lipinski definition) is 3. The van der Waals surface area contributed by atoms with Crippen molar-refractivity contribution in [1.29, 1.82) is 0 Å². The predicted molar refractivity (Wildman–Crippen MR) is 73.1 cm³/mol. The van der Waals surface area contributed by atoms with Crippen LogP contribution in [0.5, 0.6) is 0 Å². The van der Waals surface area contributed by atoms with E-state index in [2.05, 4.69) is 17.6 Å². The van der Waals surface area contributed by atoms with Crippen LogP contribution in [0.15, 0.2) is 18.2 Å². The molecule has 2 N–H and O–H groups in total. The molecule has 1 aromatic carbocycles. The molecule has 0 fully saturated rings. The number of benzene rings is 1. The highest BCUT2D eigenvalue weighted by molar-refractivity contribution is 6.42. The van der Waals surface area contributed by atoms with Gasteiger partial charge in [-0.25, -0.2) is 0 Å². The molecule has 0 radical (unpaired) electrons. The van der Waals surface area contributed by atoms with Gasteiger partial charge in [-0.05, 0) is 38.1 Å². The molecular formula is C12H16Cl2N2O. The first-order valence-electron chi connectivity index (χ1n) is 5.49. The Bertz CT molecular complexity index is 372. The molecule has 0 aliphatic carbocycles. The van der Waals surface area contributed by atoms with E-state index in [1.165, 1.54) is 0 Å². The molecule has 17 heavy (non-hydrogen) atoms. The van der Waals surface area contributed by atoms with E-state index in [1.807, 2.05) is 6.07 Å². The van der Waals surface area contributed by atoms with Gasteiger partial charge in [-0.1, -0.05) is 23.2 Å². The number of halogens is 2. The van der Waals surface area contributed by atoms with Gasteiger partial charge < -0.3 is 15.4 Å². The van der Waals surface area contributed by atoms with E-state index in [-0.39, 0.29) is 0 Å². The van der Waals surface area contributed by atoms with Crippen molar-refractivity contribution >= 4 is 35.2 Å². The van der Waals surface area contributed by atoms with Gasteiger partial charge in [0, 0.05) is 11.7 Å². The van der Waals surface area contributed by atoms with Gasteiger partial charge in [-0.15, -0.1) is 0 Å². The summed E-state index contributed by atoms with van der Waals surface area (Å²) in [7, 11) is 0. The normalized spacial score (nSPS) is 12.2. The van der Waals surface area contributed by atoms with Gasteiger partial charge in [0.2, 0.25) is 0 Å². The first kappa shape index (κ1) is 14.3. The van der Waals surface area contributed by atoms with Crippen molar-refractivity contribution in [2.75, 3.05) is 18.4 Å². The van der Waals surface area contributed by atoms with Gasteiger partial charge >= 0.3 is 0 Å². The van der Waals surface area contributed by atoms with Gasteiger partial charge in [-0.3, -0.25) is 0 Å². The van der Waals surface area contributed by atoms with Crippen molar-refractivity contribution in [3.05, 3.63) is 28.2 Å². The number of rotatable bonds is 7. The molecule has 5 heteroatoms. The summed E-state index contributed by atoms with van der Waals surface area (Å²) in [6, 6.07) is 5.76. The Morgan fingerprint density at radius 1 is 1.35 bits per heavy atom. The molecule has 0 saturated carbocycles. The zero-order chi connectivity index (χ0) is 12.7. The van der Waals surface area contributed by atoms with E-state index < -0.39 is 0 Å². The van der Waals surface area contributed by atoms with E-state index in [0.717, 1.165) is 24.9 Å². The molecule has 1 rings (SSSR count). The molecule has 0 heterocycles. The number of carbonyl (C=O) groups is 1. The fourth-order valence-corrected chi connectivity index (χ4v) is 1.72. The first-order valence-corrected chi connectivity index (χ1v) is 6.25. The summed E-state index contributed by atoms with van der Waals surface area (Å²) in [5.41, 5.74) is 0.947. The number of anilines is 1. The average Bonchev–Trinajstić information content (AvgIpc) is 2.30. The molecular weight excluding hydrogens is 259 g/mol. The second kappa shape index (κ2) is 7.54. The van der Waals surface area contributed by atoms with Crippen LogP contribution in [-0.4, -0.2) is 25.4 Å². The van der Waals surface area contributed by atoms with Gasteiger partial charge in [0.15, 0.2) is 0 Å². The summed E-state index contributed by atoms with van der Waals surface area (Å²) in [4.78, 5) is 10.1. The highest BCUT2D eigenvalue weighted by Crippen LogP contribution is 2.25. The van der Waals surface area contributed by atoms with Crippen LogP contribution in [0.1, 0.15) is 13.3 Å². The Balaban J connectivity index is 2.36. The van der Waals surface area contributed by atoms with Crippen molar-refractivity contribution in [2.45, 2.75) is 19.4 Å². The molecule has 1 unspecified atom stereocenters. The summed E-state index contributed by atoms with van der Waals surface area (Å²) in [6.45, 7) is 3.28. The van der Waals surface area contributed by atoms with Crippen LogP contribution in [0.2, 0.25) is 10.0 Å². The van der Waals surface area contributed by atoms with E-state index in [9.17, 15) is 4.79 Å². The lowest BCUT2D eigenvalue weighted by Crippen LogP contribution is -2.24. The van der Waals surface area contributed by atoms with E-state index in [4.69, 9.17) is 23.2 Å². The van der Waals surface area contributed by atoms with Crippen molar-refractivity contribution in [2.24, 2.45) is 0 Å². The number of aldehydes is 1. The zero-order valence-corrected chi connectivity index (χ0v) is 11.2. The number of hydrogen-bond donors (Lipinski definition) is 2. The Morgan fingerprint density at radius 2 is 2.12 bits per heavy atom. The molecule has 0 bridgehead atoms. The summed E-state index contributed by atoms with van der Waals surface area (Å²) in [5.74, 6) is 0. The maximum absolute atomic E-state index is 10.1. The van der Waals surface area contributed by atoms with Gasteiger partial charge in [0.05, 0.1) is 16.6 Å². The maximum atomic E-state index is 10.1. The lowest BCUT2D eigenvalue weighted by atomic mass is 10.2. The van der Waals surface area contributed by atoms with Gasteiger partial charge in [0.25, 0.3) is 0 Å². The second-order valence-electron chi connectivity index (χ2n) is 3.83. The molecule has 0 spiro atoms. The van der Waals surface area contributed by atoms with Crippen LogP contribution < -0.4 is 10.6 Å². The third kappa shape index (κ3) is 5.39. The van der Waals surface area contributed by atoms with Crippen LogP contribution in [0.25, 0.3) is 0 Å². The largest absolute Gasteiger partial charge is 0.382 e. The first-order chi connectivity index (χ1) is 8.13. The molecule has 0 aliphatic rings. The van der Waals surface area contributed by atoms with Gasteiger partial charge in [0.1, 0.15) is 6.29 Å². The summed E-state index contributed by atoms with van der Waals surface area (Å²) in [5, 5.41) is 7.43. The van der Waals surface area contributed by atoms with Crippen LogP contribution in [0, 0.1) is 0 Å². The lowest BCUT2D eigenvalue weighted by Gasteiger charge is -2.15. The molecule has 1 aromatic rings. The Hall–Kier alpha value is -0.770. The molecule has 3 nitrogen and oxygen atoms in total. The van der Waals surface area contributed by atoms with Crippen LogP contribution in [-0.2, 0) is 4.79 Å². The minimum absolute atomic E-state index is 0.298. The van der Waals surface area contributed by atoms with Crippen molar-refractivity contribution < 1.29 is 4.79 Å². The number of carbonyl (C=O) groups excluding carboxylic acids is 1. The number of nitrogens with one attached hydrogen (secondary N) is 2. The summed E-state index contributed by atoms with van der Waals surface area (Å²) < 4.78 is 0. The van der Waals surface area contributed by atoms with Crippen LogP contribution in [0.3, 0.4) is 0 Å². The van der Waals surface area contributed by atoms with Crippen LogP contribution >= 0.6 is 23.2 Å². The van der Waals surface area contributed by atoms with Crippen LogP contribution in [0.4, 0.5) is 5.69 Å². The molecule has 1 atom stereocenters. The smallest absolute Gasteiger partial charge is 0.133 e. The molecule has 0 amide bonds. The highest BCUT2D eigenvalue weighted by Gasteiger charge is 2.03. The fourth-order valence-electron chi connectivity index (χ4n) is 1.42. The third-order valence-corrected chi connectivity index (χ3v) is 3.05. The second-order valence-corrected chi connectivity index (χ2v) is 4.65. The SMILES string of the molecule is CC(CCNCC=O)Nc1ccc(Cl)c(Cl)c1. The van der Waals surface area contributed by atoms with E-state index in [1.54, 1.807) is 12.1 Å².